The van der Waals surface area contributed by atoms with Crippen LogP contribution in [0.2, 0.25) is 0 Å². The van der Waals surface area contributed by atoms with Crippen molar-refractivity contribution in [1.82, 2.24) is 14.1 Å². The van der Waals surface area contributed by atoms with E-state index in [0.29, 0.717) is 18.0 Å². The van der Waals surface area contributed by atoms with E-state index < -0.39 is 10.0 Å². The number of rotatable bonds is 3. The highest BCUT2D eigenvalue weighted by Gasteiger charge is 2.23. The molecule has 0 aliphatic carbocycles. The predicted molar refractivity (Wildman–Crippen MR) is 84.7 cm³/mol. The molecule has 1 aliphatic rings. The van der Waals surface area contributed by atoms with Gasteiger partial charge in [0.1, 0.15) is 11.5 Å². The van der Waals surface area contributed by atoms with E-state index in [1.54, 1.807) is 18.3 Å². The number of sulfonamides is 1. The molecule has 22 heavy (non-hydrogen) atoms. The van der Waals surface area contributed by atoms with Crippen molar-refractivity contribution in [3.05, 3.63) is 40.8 Å². The first-order valence-electron chi connectivity index (χ1n) is 7.13. The van der Waals surface area contributed by atoms with Crippen LogP contribution >= 0.6 is 0 Å². The first-order valence-corrected chi connectivity index (χ1v) is 9.02. The zero-order chi connectivity index (χ0) is 15.7. The van der Waals surface area contributed by atoms with Crippen molar-refractivity contribution >= 4 is 21.5 Å². The molecule has 1 fully saturated rings. The molecule has 0 aromatic carbocycles. The number of nitrogens with zero attached hydrogens (tertiary/aromatic N) is 3. The van der Waals surface area contributed by atoms with Crippen molar-refractivity contribution in [2.24, 2.45) is 0 Å². The van der Waals surface area contributed by atoms with Crippen LogP contribution in [-0.4, -0.2) is 43.2 Å². The van der Waals surface area contributed by atoms with Gasteiger partial charge in [-0.25, -0.2) is 18.1 Å². The second-order valence-electron chi connectivity index (χ2n) is 5.56. The maximum Gasteiger partial charge on any atom is 0.259 e. The maximum atomic E-state index is 12.1. The van der Waals surface area contributed by atoms with Gasteiger partial charge in [-0.15, -0.1) is 0 Å². The average molecular weight is 322 g/mol. The second-order valence-corrected chi connectivity index (χ2v) is 7.34. The Bertz CT molecular complexity index is 847. The van der Waals surface area contributed by atoms with Gasteiger partial charge in [-0.1, -0.05) is 6.07 Å². The van der Waals surface area contributed by atoms with Gasteiger partial charge in [0.25, 0.3) is 5.56 Å². The second kappa shape index (κ2) is 5.69. The minimum atomic E-state index is -3.24. The largest absolute Gasteiger partial charge is 0.355 e. The van der Waals surface area contributed by atoms with Gasteiger partial charge in [0.05, 0.1) is 6.26 Å². The Morgan fingerprint density at radius 2 is 2.18 bits per heavy atom. The van der Waals surface area contributed by atoms with Crippen LogP contribution in [0.1, 0.15) is 12.8 Å². The highest BCUT2D eigenvalue weighted by Crippen LogP contribution is 2.17. The van der Waals surface area contributed by atoms with E-state index in [4.69, 9.17) is 0 Å². The molecule has 1 aliphatic heterocycles. The van der Waals surface area contributed by atoms with Crippen LogP contribution in [0.5, 0.6) is 0 Å². The SMILES string of the molecule is CS(=O)(=O)NC1CCCN(c2cc(=O)n3ccccc3n2)C1. The first-order chi connectivity index (χ1) is 10.4. The van der Waals surface area contributed by atoms with Crippen molar-refractivity contribution in [2.45, 2.75) is 18.9 Å². The van der Waals surface area contributed by atoms with Gasteiger partial charge < -0.3 is 4.90 Å². The van der Waals surface area contributed by atoms with E-state index in [9.17, 15) is 13.2 Å². The number of piperidine rings is 1. The Morgan fingerprint density at radius 3 is 2.95 bits per heavy atom. The summed E-state index contributed by atoms with van der Waals surface area (Å²) in [6.45, 7) is 1.28. The molecule has 1 unspecified atom stereocenters. The number of fused-ring (bicyclic) bond motifs is 1. The molecule has 0 radical (unpaired) electrons. The number of anilines is 1. The van der Waals surface area contributed by atoms with E-state index in [0.717, 1.165) is 25.6 Å². The lowest BCUT2D eigenvalue weighted by molar-refractivity contribution is 0.465. The minimum Gasteiger partial charge on any atom is -0.355 e. The van der Waals surface area contributed by atoms with Crippen LogP contribution in [0, 0.1) is 0 Å². The van der Waals surface area contributed by atoms with Crippen LogP contribution in [0.15, 0.2) is 35.3 Å². The predicted octanol–water partition coefficient (Wildman–Crippen LogP) is 0.213. The van der Waals surface area contributed by atoms with Crippen molar-refractivity contribution in [2.75, 3.05) is 24.2 Å². The van der Waals surface area contributed by atoms with Gasteiger partial charge >= 0.3 is 0 Å². The Labute approximate surface area is 128 Å². The molecule has 2 aromatic heterocycles. The lowest BCUT2D eigenvalue weighted by Gasteiger charge is -2.33. The topological polar surface area (TPSA) is 83.8 Å². The molecule has 8 heteroatoms. The fourth-order valence-electron chi connectivity index (χ4n) is 2.79. The Morgan fingerprint density at radius 1 is 1.36 bits per heavy atom. The Balaban J connectivity index is 1.89. The fraction of sp³-hybridized carbons (Fsp3) is 0.429. The summed E-state index contributed by atoms with van der Waals surface area (Å²) in [5, 5.41) is 0. The summed E-state index contributed by atoms with van der Waals surface area (Å²) in [4.78, 5) is 18.6. The summed E-state index contributed by atoms with van der Waals surface area (Å²) in [5.41, 5.74) is 0.446. The van der Waals surface area contributed by atoms with E-state index in [1.807, 2.05) is 11.0 Å². The minimum absolute atomic E-state index is 0.140. The van der Waals surface area contributed by atoms with Crippen LogP contribution < -0.4 is 15.2 Å². The molecule has 0 spiro atoms. The lowest BCUT2D eigenvalue weighted by atomic mass is 10.1. The molecular formula is C14H18N4O3S. The van der Waals surface area contributed by atoms with Gasteiger partial charge in [-0.3, -0.25) is 9.20 Å². The molecule has 7 nitrogen and oxygen atoms in total. The van der Waals surface area contributed by atoms with Gasteiger partial charge in [0.15, 0.2) is 0 Å². The molecule has 0 bridgehead atoms. The monoisotopic (exact) mass is 322 g/mol. The van der Waals surface area contributed by atoms with Crippen LogP contribution in [0.25, 0.3) is 5.65 Å². The molecule has 1 atom stereocenters. The average Bonchev–Trinajstić information content (AvgIpc) is 2.46. The quantitative estimate of drug-likeness (QED) is 0.873. The van der Waals surface area contributed by atoms with Crippen molar-refractivity contribution in [3.63, 3.8) is 0 Å². The summed E-state index contributed by atoms with van der Waals surface area (Å²) < 4.78 is 26.9. The van der Waals surface area contributed by atoms with E-state index in [-0.39, 0.29) is 11.6 Å². The highest BCUT2D eigenvalue weighted by atomic mass is 32.2. The number of pyridine rings is 1. The fourth-order valence-corrected chi connectivity index (χ4v) is 3.59. The lowest BCUT2D eigenvalue weighted by Crippen LogP contribution is -2.48. The summed E-state index contributed by atoms with van der Waals surface area (Å²) >= 11 is 0. The van der Waals surface area contributed by atoms with Gasteiger partial charge in [0, 0.05) is 31.4 Å². The molecule has 118 valence electrons. The number of hydrogen-bond donors (Lipinski definition) is 1. The summed E-state index contributed by atoms with van der Waals surface area (Å²) in [7, 11) is -3.24. The number of hydrogen-bond acceptors (Lipinski definition) is 5. The van der Waals surface area contributed by atoms with E-state index in [2.05, 4.69) is 9.71 Å². The summed E-state index contributed by atoms with van der Waals surface area (Å²) in [6, 6.07) is 6.73. The highest BCUT2D eigenvalue weighted by molar-refractivity contribution is 7.88. The number of aromatic nitrogens is 2. The third-order valence-corrected chi connectivity index (χ3v) is 4.45. The smallest absolute Gasteiger partial charge is 0.259 e. The molecule has 0 amide bonds. The molecule has 3 rings (SSSR count). The van der Waals surface area contributed by atoms with Crippen LogP contribution in [-0.2, 0) is 10.0 Å². The molecule has 3 heterocycles. The third kappa shape index (κ3) is 3.28. The molecule has 0 saturated carbocycles. The van der Waals surface area contributed by atoms with Gasteiger partial charge in [-0.2, -0.15) is 0 Å². The van der Waals surface area contributed by atoms with Crippen LogP contribution in [0.3, 0.4) is 0 Å². The standard InChI is InChI=1S/C14H18N4O3S/c1-22(20,21)16-11-5-4-7-17(10-11)13-9-14(19)18-8-3-2-6-12(18)15-13/h2-3,6,8-9,11,16H,4-5,7,10H2,1H3. The van der Waals surface area contributed by atoms with Gasteiger partial charge in [-0.05, 0) is 25.0 Å². The maximum absolute atomic E-state index is 12.1. The van der Waals surface area contributed by atoms with E-state index in [1.165, 1.54) is 10.5 Å². The summed E-state index contributed by atoms with van der Waals surface area (Å²) in [5.74, 6) is 0.594. The molecule has 1 saturated heterocycles. The Hall–Kier alpha value is -1.93. The zero-order valence-corrected chi connectivity index (χ0v) is 13.1. The summed E-state index contributed by atoms with van der Waals surface area (Å²) in [6.07, 6.45) is 4.48. The number of nitrogens with one attached hydrogen (secondary N) is 1. The third-order valence-electron chi connectivity index (χ3n) is 3.68. The normalized spacial score (nSPS) is 19.5. The van der Waals surface area contributed by atoms with Crippen LogP contribution in [0.4, 0.5) is 5.82 Å². The Kier molecular flexibility index (Phi) is 3.88. The zero-order valence-electron chi connectivity index (χ0n) is 12.3. The molecule has 2 aromatic rings. The van der Waals surface area contributed by atoms with Crippen molar-refractivity contribution < 1.29 is 8.42 Å². The molecular weight excluding hydrogens is 304 g/mol. The van der Waals surface area contributed by atoms with Gasteiger partial charge in [0.2, 0.25) is 10.0 Å². The van der Waals surface area contributed by atoms with Crippen molar-refractivity contribution in [1.29, 1.82) is 0 Å². The molecule has 1 N–H and O–H groups in total. The first kappa shape index (κ1) is 15.0. The van der Waals surface area contributed by atoms with Crippen molar-refractivity contribution in [3.8, 4) is 0 Å². The van der Waals surface area contributed by atoms with E-state index >= 15 is 0 Å².